The molecule has 1 fully saturated rings. The van der Waals surface area contributed by atoms with Crippen LogP contribution in [-0.4, -0.2) is 44.2 Å². The molecule has 28 heavy (non-hydrogen) atoms. The summed E-state index contributed by atoms with van der Waals surface area (Å²) in [5.74, 6) is 2.27. The van der Waals surface area contributed by atoms with Crippen molar-refractivity contribution in [1.82, 2.24) is 10.2 Å². The van der Waals surface area contributed by atoms with E-state index in [1.807, 2.05) is 0 Å². The number of ether oxygens (including phenoxy) is 2. The summed E-state index contributed by atoms with van der Waals surface area (Å²) in [6, 6.07) is 8.72. The van der Waals surface area contributed by atoms with Gasteiger partial charge in [0.05, 0.1) is 26.8 Å². The molecule has 2 atom stereocenters. The lowest BCUT2D eigenvalue weighted by Gasteiger charge is -2.37. The predicted molar refractivity (Wildman–Crippen MR) is 111 cm³/mol. The number of amides is 1. The van der Waals surface area contributed by atoms with Gasteiger partial charge in [-0.25, -0.2) is 0 Å². The van der Waals surface area contributed by atoms with E-state index in [0.717, 1.165) is 24.5 Å². The maximum absolute atomic E-state index is 12.7. The Kier molecular flexibility index (Phi) is 5.60. The van der Waals surface area contributed by atoms with Crippen LogP contribution in [0.2, 0.25) is 0 Å². The summed E-state index contributed by atoms with van der Waals surface area (Å²) in [5, 5.41) is 5.29. The number of benzene rings is 1. The van der Waals surface area contributed by atoms with Crippen LogP contribution >= 0.6 is 11.3 Å². The van der Waals surface area contributed by atoms with Crippen LogP contribution in [0.5, 0.6) is 11.5 Å². The van der Waals surface area contributed by atoms with E-state index in [0.29, 0.717) is 12.5 Å². The number of nitrogens with one attached hydrogen (secondary N) is 1. The predicted octanol–water partition coefficient (Wildman–Crippen LogP) is 3.63. The standard InChI is InChI=1S/C22H28N2O3S/c1-14(15-6-7-15)23-21(25)13-24-9-8-16-11-18(26-2)19(27-3)12-17(16)22(24)20-5-4-10-28-20/h4-5,10-12,14-15,22H,6-9,13H2,1-3H3,(H,23,25). The van der Waals surface area contributed by atoms with Crippen molar-refractivity contribution < 1.29 is 14.3 Å². The summed E-state index contributed by atoms with van der Waals surface area (Å²) in [6.45, 7) is 3.37. The van der Waals surface area contributed by atoms with Crippen molar-refractivity contribution in [2.24, 2.45) is 5.92 Å². The topological polar surface area (TPSA) is 50.8 Å². The molecular formula is C22H28N2O3S. The van der Waals surface area contributed by atoms with Crippen LogP contribution < -0.4 is 14.8 Å². The van der Waals surface area contributed by atoms with Crippen molar-refractivity contribution in [3.63, 3.8) is 0 Å². The lowest BCUT2D eigenvalue weighted by atomic mass is 9.91. The average molecular weight is 401 g/mol. The molecule has 4 rings (SSSR count). The van der Waals surface area contributed by atoms with Gasteiger partial charge in [-0.1, -0.05) is 6.07 Å². The van der Waals surface area contributed by atoms with Gasteiger partial charge in [-0.3, -0.25) is 9.69 Å². The lowest BCUT2D eigenvalue weighted by Crippen LogP contribution is -2.45. The SMILES string of the molecule is COc1cc2c(cc1OC)C(c1cccs1)N(CC(=O)NC(C)C1CC1)CC2. The summed E-state index contributed by atoms with van der Waals surface area (Å²) in [6.07, 6.45) is 3.36. The largest absolute Gasteiger partial charge is 0.493 e. The Bertz CT molecular complexity index is 833. The molecule has 1 aromatic carbocycles. The smallest absolute Gasteiger partial charge is 0.234 e. The summed E-state index contributed by atoms with van der Waals surface area (Å²) < 4.78 is 11.0. The Morgan fingerprint density at radius 3 is 2.68 bits per heavy atom. The average Bonchev–Trinajstić information content (AvgIpc) is 3.42. The molecule has 1 aliphatic heterocycles. The zero-order valence-corrected chi connectivity index (χ0v) is 17.6. The molecule has 2 aromatic rings. The van der Waals surface area contributed by atoms with E-state index in [4.69, 9.17) is 9.47 Å². The van der Waals surface area contributed by atoms with Gasteiger partial charge < -0.3 is 14.8 Å². The molecule has 1 N–H and O–H groups in total. The monoisotopic (exact) mass is 400 g/mol. The fraction of sp³-hybridized carbons (Fsp3) is 0.500. The highest BCUT2D eigenvalue weighted by Crippen LogP contribution is 2.42. The van der Waals surface area contributed by atoms with Gasteiger partial charge in [-0.2, -0.15) is 0 Å². The maximum atomic E-state index is 12.7. The second-order valence-electron chi connectivity index (χ2n) is 7.74. The van der Waals surface area contributed by atoms with Crippen LogP contribution in [0.4, 0.5) is 0 Å². The van der Waals surface area contributed by atoms with E-state index < -0.39 is 0 Å². The molecule has 1 saturated carbocycles. The molecule has 6 heteroatoms. The van der Waals surface area contributed by atoms with Crippen LogP contribution in [0.3, 0.4) is 0 Å². The van der Waals surface area contributed by atoms with Crippen LogP contribution in [0.1, 0.15) is 41.8 Å². The van der Waals surface area contributed by atoms with Gasteiger partial charge in [0.1, 0.15) is 0 Å². The molecule has 1 aliphatic carbocycles. The van der Waals surface area contributed by atoms with Crippen molar-refractivity contribution in [2.45, 2.75) is 38.3 Å². The normalized spacial score (nSPS) is 20.3. The summed E-state index contributed by atoms with van der Waals surface area (Å²) in [7, 11) is 3.33. The number of fused-ring (bicyclic) bond motifs is 1. The zero-order valence-electron chi connectivity index (χ0n) is 16.7. The molecule has 0 spiro atoms. The fourth-order valence-electron chi connectivity index (χ4n) is 4.15. The first-order chi connectivity index (χ1) is 13.6. The molecule has 5 nitrogen and oxygen atoms in total. The van der Waals surface area contributed by atoms with E-state index in [1.54, 1.807) is 25.6 Å². The molecular weight excluding hydrogens is 372 g/mol. The number of rotatable bonds is 7. The summed E-state index contributed by atoms with van der Waals surface area (Å²) >= 11 is 1.73. The highest BCUT2D eigenvalue weighted by atomic mass is 32.1. The highest BCUT2D eigenvalue weighted by molar-refractivity contribution is 7.10. The first-order valence-corrected chi connectivity index (χ1v) is 10.8. The molecule has 0 bridgehead atoms. The highest BCUT2D eigenvalue weighted by Gasteiger charge is 2.33. The van der Waals surface area contributed by atoms with Crippen LogP contribution in [0, 0.1) is 5.92 Å². The van der Waals surface area contributed by atoms with E-state index in [2.05, 4.69) is 46.8 Å². The third-order valence-corrected chi connectivity index (χ3v) is 6.78. The minimum Gasteiger partial charge on any atom is -0.493 e. The van der Waals surface area contributed by atoms with Gasteiger partial charge in [0.2, 0.25) is 5.91 Å². The number of thiophene rings is 1. The Balaban J connectivity index is 1.62. The summed E-state index contributed by atoms with van der Waals surface area (Å²) in [4.78, 5) is 16.2. The molecule has 1 amide bonds. The lowest BCUT2D eigenvalue weighted by molar-refractivity contribution is -0.123. The van der Waals surface area contributed by atoms with Crippen molar-refractivity contribution >= 4 is 17.2 Å². The molecule has 1 aromatic heterocycles. The van der Waals surface area contributed by atoms with E-state index >= 15 is 0 Å². The number of nitrogens with zero attached hydrogens (tertiary/aromatic N) is 1. The molecule has 0 radical (unpaired) electrons. The minimum absolute atomic E-state index is 0.0607. The van der Waals surface area contributed by atoms with E-state index in [-0.39, 0.29) is 18.0 Å². The number of carbonyl (C=O) groups is 1. The van der Waals surface area contributed by atoms with Gasteiger partial charge in [-0.05, 0) is 66.8 Å². The van der Waals surface area contributed by atoms with Gasteiger partial charge >= 0.3 is 0 Å². The zero-order chi connectivity index (χ0) is 19.7. The Morgan fingerprint density at radius 2 is 2.04 bits per heavy atom. The minimum atomic E-state index is 0.0607. The quantitative estimate of drug-likeness (QED) is 0.771. The van der Waals surface area contributed by atoms with Gasteiger partial charge in [0.15, 0.2) is 11.5 Å². The number of carbonyl (C=O) groups excluding carboxylic acids is 1. The third kappa shape index (κ3) is 3.89. The van der Waals surface area contributed by atoms with Crippen LogP contribution in [0.25, 0.3) is 0 Å². The Labute approximate surface area is 170 Å². The molecule has 150 valence electrons. The fourth-order valence-corrected chi connectivity index (χ4v) is 5.02. The van der Waals surface area contributed by atoms with Gasteiger partial charge in [-0.15, -0.1) is 11.3 Å². The number of hydrogen-bond donors (Lipinski definition) is 1. The van der Waals surface area contributed by atoms with E-state index in [9.17, 15) is 4.79 Å². The van der Waals surface area contributed by atoms with Gasteiger partial charge in [0.25, 0.3) is 0 Å². The molecule has 2 aliphatic rings. The van der Waals surface area contributed by atoms with Crippen molar-refractivity contribution in [3.8, 4) is 11.5 Å². The molecule has 2 unspecified atom stereocenters. The Hall–Kier alpha value is -2.05. The number of hydrogen-bond acceptors (Lipinski definition) is 5. The van der Waals surface area contributed by atoms with Crippen molar-refractivity contribution in [3.05, 3.63) is 45.6 Å². The molecule has 0 saturated heterocycles. The first-order valence-electron chi connectivity index (χ1n) is 9.92. The van der Waals surface area contributed by atoms with Gasteiger partial charge in [0, 0.05) is 17.5 Å². The molecule has 2 heterocycles. The van der Waals surface area contributed by atoms with E-state index in [1.165, 1.54) is 28.8 Å². The van der Waals surface area contributed by atoms with Crippen LogP contribution in [-0.2, 0) is 11.2 Å². The van der Waals surface area contributed by atoms with Crippen molar-refractivity contribution in [2.75, 3.05) is 27.3 Å². The van der Waals surface area contributed by atoms with Crippen molar-refractivity contribution in [1.29, 1.82) is 0 Å². The first kappa shape index (κ1) is 19.3. The number of methoxy groups -OCH3 is 2. The summed E-state index contributed by atoms with van der Waals surface area (Å²) in [5.41, 5.74) is 2.47. The second-order valence-corrected chi connectivity index (χ2v) is 8.72. The third-order valence-electron chi connectivity index (χ3n) is 5.85. The Morgan fingerprint density at radius 1 is 1.29 bits per heavy atom. The second kappa shape index (κ2) is 8.13. The van der Waals surface area contributed by atoms with Crippen LogP contribution in [0.15, 0.2) is 29.6 Å². The maximum Gasteiger partial charge on any atom is 0.234 e.